The van der Waals surface area contributed by atoms with Gasteiger partial charge in [0.25, 0.3) is 0 Å². The van der Waals surface area contributed by atoms with Gasteiger partial charge in [0.1, 0.15) is 6.61 Å². The molecule has 0 atom stereocenters. The summed E-state index contributed by atoms with van der Waals surface area (Å²) in [4.78, 5) is 11.5. The first-order valence-corrected chi connectivity index (χ1v) is 6.91. The molecule has 22 heavy (non-hydrogen) atoms. The van der Waals surface area contributed by atoms with E-state index in [1.54, 1.807) is 31.4 Å². The lowest BCUT2D eigenvalue weighted by Crippen LogP contribution is -2.17. The fraction of sp³-hybridized carbons (Fsp3) is 0.438. The molecule has 1 amide bonds. The summed E-state index contributed by atoms with van der Waals surface area (Å²) >= 11 is 0. The van der Waals surface area contributed by atoms with Crippen molar-refractivity contribution >= 4 is 11.8 Å². The molecule has 1 aromatic carbocycles. The van der Waals surface area contributed by atoms with E-state index >= 15 is 0 Å². The number of nitrogens with one attached hydrogen (secondary N) is 1. The maximum Gasteiger partial charge on any atom is 0.411 e. The van der Waals surface area contributed by atoms with Crippen LogP contribution < -0.4 is 5.32 Å². The third-order valence-electron chi connectivity index (χ3n) is 2.54. The maximum atomic E-state index is 11.5. The largest absolute Gasteiger partial charge is 0.447 e. The third-order valence-corrected chi connectivity index (χ3v) is 2.54. The Balaban J connectivity index is 2.05. The summed E-state index contributed by atoms with van der Waals surface area (Å²) in [5, 5.41) is 2.59. The van der Waals surface area contributed by atoms with Crippen molar-refractivity contribution in [3.8, 4) is 12.3 Å². The van der Waals surface area contributed by atoms with Gasteiger partial charge >= 0.3 is 6.09 Å². The highest BCUT2D eigenvalue weighted by molar-refractivity contribution is 5.84. The van der Waals surface area contributed by atoms with Crippen molar-refractivity contribution in [2.45, 2.75) is 0 Å². The third kappa shape index (κ3) is 8.27. The van der Waals surface area contributed by atoms with Crippen molar-refractivity contribution < 1.29 is 23.7 Å². The van der Waals surface area contributed by atoms with Gasteiger partial charge in [-0.25, -0.2) is 4.79 Å². The number of benzene rings is 1. The number of carbonyl (C=O) groups is 1. The molecule has 0 aliphatic heterocycles. The van der Waals surface area contributed by atoms with Gasteiger partial charge in [-0.2, -0.15) is 0 Å². The van der Waals surface area contributed by atoms with Crippen LogP contribution >= 0.6 is 0 Å². The van der Waals surface area contributed by atoms with Crippen LogP contribution in [-0.2, 0) is 18.9 Å². The van der Waals surface area contributed by atoms with E-state index in [0.29, 0.717) is 44.3 Å². The lowest BCUT2D eigenvalue weighted by Gasteiger charge is -2.08. The number of anilines is 1. The molecule has 1 aromatic rings. The summed E-state index contributed by atoms with van der Waals surface area (Å²) in [5.74, 6) is 2.49. The van der Waals surface area contributed by atoms with Crippen LogP contribution in [0.4, 0.5) is 10.5 Å². The highest BCUT2D eigenvalue weighted by Gasteiger charge is 2.03. The molecule has 6 heteroatoms. The molecule has 1 rings (SSSR count). The number of methoxy groups -OCH3 is 1. The fourth-order valence-corrected chi connectivity index (χ4v) is 1.50. The predicted octanol–water partition coefficient (Wildman–Crippen LogP) is 1.90. The van der Waals surface area contributed by atoms with E-state index in [9.17, 15) is 4.79 Å². The van der Waals surface area contributed by atoms with E-state index in [1.165, 1.54) is 0 Å². The molecule has 0 heterocycles. The summed E-state index contributed by atoms with van der Waals surface area (Å²) in [6.45, 7) is 2.50. The first kappa shape index (κ1) is 18.0. The van der Waals surface area contributed by atoms with Crippen LogP contribution in [0.5, 0.6) is 0 Å². The van der Waals surface area contributed by atoms with E-state index in [-0.39, 0.29) is 6.61 Å². The van der Waals surface area contributed by atoms with E-state index in [2.05, 4.69) is 11.2 Å². The van der Waals surface area contributed by atoms with Gasteiger partial charge in [-0.3, -0.25) is 5.32 Å². The van der Waals surface area contributed by atoms with Crippen molar-refractivity contribution in [3.63, 3.8) is 0 Å². The lowest BCUT2D eigenvalue weighted by atomic mass is 10.2. The molecule has 0 bridgehead atoms. The Kier molecular flexibility index (Phi) is 9.46. The van der Waals surface area contributed by atoms with Crippen molar-refractivity contribution in [1.82, 2.24) is 0 Å². The zero-order valence-electron chi connectivity index (χ0n) is 12.7. The molecule has 0 unspecified atom stereocenters. The van der Waals surface area contributed by atoms with Gasteiger partial charge < -0.3 is 18.9 Å². The van der Waals surface area contributed by atoms with Crippen molar-refractivity contribution in [2.75, 3.05) is 52.1 Å². The minimum absolute atomic E-state index is 0.165. The van der Waals surface area contributed by atoms with Crippen LogP contribution in [-0.4, -0.2) is 52.8 Å². The van der Waals surface area contributed by atoms with Crippen molar-refractivity contribution in [2.24, 2.45) is 0 Å². The Hall–Kier alpha value is -2.07. The van der Waals surface area contributed by atoms with Gasteiger partial charge in [-0.1, -0.05) is 12.0 Å². The molecule has 0 aliphatic rings. The number of amides is 1. The van der Waals surface area contributed by atoms with Gasteiger partial charge in [-0.05, 0) is 18.2 Å². The Morgan fingerprint density at radius 2 is 1.82 bits per heavy atom. The second-order valence-electron chi connectivity index (χ2n) is 4.20. The van der Waals surface area contributed by atoms with E-state index < -0.39 is 6.09 Å². The summed E-state index contributed by atoms with van der Waals surface area (Å²) in [6.07, 6.45) is 4.74. The van der Waals surface area contributed by atoms with Gasteiger partial charge in [0.2, 0.25) is 0 Å². The zero-order chi connectivity index (χ0) is 16.0. The van der Waals surface area contributed by atoms with Gasteiger partial charge in [0.15, 0.2) is 0 Å². The fourth-order valence-electron chi connectivity index (χ4n) is 1.50. The van der Waals surface area contributed by atoms with Gasteiger partial charge in [-0.15, -0.1) is 6.42 Å². The lowest BCUT2D eigenvalue weighted by molar-refractivity contribution is 0.0141. The number of hydrogen-bond donors (Lipinski definition) is 1. The van der Waals surface area contributed by atoms with E-state index in [4.69, 9.17) is 25.4 Å². The normalized spacial score (nSPS) is 10.0. The van der Waals surface area contributed by atoms with Crippen LogP contribution in [0.1, 0.15) is 5.56 Å². The average molecular weight is 307 g/mol. The summed E-state index contributed by atoms with van der Waals surface area (Å²) < 4.78 is 20.3. The number of terminal acetylenes is 1. The molecular formula is C16H21NO5. The van der Waals surface area contributed by atoms with Crippen molar-refractivity contribution in [3.05, 3.63) is 29.8 Å². The first-order chi connectivity index (χ1) is 10.8. The first-order valence-electron chi connectivity index (χ1n) is 6.91. The molecule has 0 fully saturated rings. The van der Waals surface area contributed by atoms with E-state index in [0.717, 1.165) is 0 Å². The summed E-state index contributed by atoms with van der Waals surface area (Å²) in [5.41, 5.74) is 1.28. The molecule has 1 N–H and O–H groups in total. The van der Waals surface area contributed by atoms with E-state index in [1.807, 2.05) is 0 Å². The molecule has 0 saturated carbocycles. The number of rotatable bonds is 10. The monoisotopic (exact) mass is 307 g/mol. The smallest absolute Gasteiger partial charge is 0.411 e. The summed E-state index contributed by atoms with van der Waals surface area (Å²) in [6, 6.07) is 6.96. The quantitative estimate of drug-likeness (QED) is 0.528. The molecule has 0 aromatic heterocycles. The molecular weight excluding hydrogens is 286 g/mol. The zero-order valence-corrected chi connectivity index (χ0v) is 12.7. The van der Waals surface area contributed by atoms with Crippen LogP contribution in [0.15, 0.2) is 24.3 Å². The van der Waals surface area contributed by atoms with Crippen LogP contribution in [0.25, 0.3) is 0 Å². The van der Waals surface area contributed by atoms with Gasteiger partial charge in [0.05, 0.1) is 33.0 Å². The number of hydrogen-bond acceptors (Lipinski definition) is 5. The second kappa shape index (κ2) is 11.6. The summed E-state index contributed by atoms with van der Waals surface area (Å²) in [7, 11) is 1.62. The number of carbonyl (C=O) groups excluding carboxylic acids is 1. The number of ether oxygens (including phenoxy) is 4. The van der Waals surface area contributed by atoms with Gasteiger partial charge in [0, 0.05) is 18.4 Å². The maximum absolute atomic E-state index is 11.5. The van der Waals surface area contributed by atoms with Crippen molar-refractivity contribution in [1.29, 1.82) is 0 Å². The Labute approximate surface area is 130 Å². The minimum atomic E-state index is -0.547. The second-order valence-corrected chi connectivity index (χ2v) is 4.20. The molecule has 0 radical (unpaired) electrons. The standard InChI is InChI=1S/C16H21NO5/c1-3-14-5-4-6-15(13-14)17-16(18)22-12-11-21-10-9-20-8-7-19-2/h1,4-6,13H,7-12H2,2H3,(H,17,18). The van der Waals surface area contributed by atoms with Crippen LogP contribution in [0, 0.1) is 12.3 Å². The molecule has 0 aliphatic carbocycles. The Bertz CT molecular complexity index is 484. The topological polar surface area (TPSA) is 66.0 Å². The van der Waals surface area contributed by atoms with Crippen LogP contribution in [0.2, 0.25) is 0 Å². The molecule has 120 valence electrons. The molecule has 0 saturated heterocycles. The average Bonchev–Trinajstić information content (AvgIpc) is 2.53. The SMILES string of the molecule is C#Cc1cccc(NC(=O)OCCOCCOCCOC)c1. The predicted molar refractivity (Wildman–Crippen MR) is 82.9 cm³/mol. The molecule has 0 spiro atoms. The highest BCUT2D eigenvalue weighted by Crippen LogP contribution is 2.09. The van der Waals surface area contributed by atoms with Crippen LogP contribution in [0.3, 0.4) is 0 Å². The highest BCUT2D eigenvalue weighted by atomic mass is 16.6. The Morgan fingerprint density at radius 1 is 1.14 bits per heavy atom. The molecule has 6 nitrogen and oxygen atoms in total. The minimum Gasteiger partial charge on any atom is -0.447 e. The Morgan fingerprint density at radius 3 is 2.50 bits per heavy atom.